The molecule has 25 heavy (non-hydrogen) atoms. The lowest BCUT2D eigenvalue weighted by Crippen LogP contribution is -2.40. The first-order chi connectivity index (χ1) is 11.6. The Kier molecular flexibility index (Phi) is 6.79. The summed E-state index contributed by atoms with van der Waals surface area (Å²) >= 11 is 0. The number of ether oxygens (including phenoxy) is 1. The zero-order valence-electron chi connectivity index (χ0n) is 14.0. The van der Waals surface area contributed by atoms with Crippen molar-refractivity contribution in [2.75, 3.05) is 11.9 Å². The molecule has 0 unspecified atom stereocenters. The number of rotatable bonds is 4. The number of piperidine rings is 1. The predicted octanol–water partition coefficient (Wildman–Crippen LogP) is 4.37. The van der Waals surface area contributed by atoms with Gasteiger partial charge in [-0.2, -0.15) is 0 Å². The molecule has 0 spiro atoms. The number of hydrogen-bond donors (Lipinski definition) is 2. The van der Waals surface area contributed by atoms with Gasteiger partial charge in [0.1, 0.15) is 17.3 Å². The molecule has 3 rings (SSSR count). The fourth-order valence-corrected chi connectivity index (χ4v) is 2.89. The summed E-state index contributed by atoms with van der Waals surface area (Å²) in [6.45, 7) is 2.97. The molecule has 2 atom stereocenters. The monoisotopic (exact) mass is 364 g/mol. The lowest BCUT2D eigenvalue weighted by atomic mass is 9.92. The number of carbonyl (C=O) groups excluding carboxylic acids is 1. The van der Waals surface area contributed by atoms with Gasteiger partial charge in [-0.15, -0.1) is 12.4 Å². The van der Waals surface area contributed by atoms with Gasteiger partial charge in [0.2, 0.25) is 5.91 Å². The lowest BCUT2D eigenvalue weighted by Gasteiger charge is -2.27. The molecule has 1 amide bonds. The minimum absolute atomic E-state index is 0. The van der Waals surface area contributed by atoms with Crippen LogP contribution < -0.4 is 15.4 Å². The standard InChI is InChI=1S/C19H21FN2O2.ClH/c1-13-11-14(9-10-21-13)19(23)22-16-5-7-17(8-6-16)24-18-4-2-3-15(20)12-18;/h2-8,12-14,21H,9-11H2,1H3,(H,22,23);1H/t13-,14-;/m0./s1. The van der Waals surface area contributed by atoms with Crippen molar-refractivity contribution in [2.24, 2.45) is 5.92 Å². The molecule has 1 heterocycles. The summed E-state index contributed by atoms with van der Waals surface area (Å²) in [6.07, 6.45) is 1.71. The summed E-state index contributed by atoms with van der Waals surface area (Å²) < 4.78 is 18.7. The molecule has 0 radical (unpaired) electrons. The second-order valence-corrected chi connectivity index (χ2v) is 6.15. The van der Waals surface area contributed by atoms with E-state index in [-0.39, 0.29) is 30.0 Å². The van der Waals surface area contributed by atoms with Crippen LogP contribution in [0.25, 0.3) is 0 Å². The van der Waals surface area contributed by atoms with E-state index in [0.717, 1.165) is 25.1 Å². The summed E-state index contributed by atoms with van der Waals surface area (Å²) in [5.74, 6) is 0.795. The van der Waals surface area contributed by atoms with E-state index in [2.05, 4.69) is 17.6 Å². The van der Waals surface area contributed by atoms with Crippen LogP contribution >= 0.6 is 12.4 Å². The average Bonchev–Trinajstić information content (AvgIpc) is 2.57. The summed E-state index contributed by atoms with van der Waals surface area (Å²) in [7, 11) is 0. The zero-order chi connectivity index (χ0) is 16.9. The van der Waals surface area contributed by atoms with E-state index < -0.39 is 0 Å². The Morgan fingerprint density at radius 2 is 1.96 bits per heavy atom. The van der Waals surface area contributed by atoms with Crippen molar-refractivity contribution < 1.29 is 13.9 Å². The molecular weight excluding hydrogens is 343 g/mol. The van der Waals surface area contributed by atoms with Gasteiger partial charge >= 0.3 is 0 Å². The van der Waals surface area contributed by atoms with E-state index in [0.29, 0.717) is 17.5 Å². The molecule has 6 heteroatoms. The van der Waals surface area contributed by atoms with Crippen LogP contribution in [0.2, 0.25) is 0 Å². The van der Waals surface area contributed by atoms with Crippen LogP contribution in [0, 0.1) is 11.7 Å². The molecule has 4 nitrogen and oxygen atoms in total. The third kappa shape index (κ3) is 5.44. The topological polar surface area (TPSA) is 50.4 Å². The molecule has 2 aromatic carbocycles. The van der Waals surface area contributed by atoms with Crippen LogP contribution in [0.5, 0.6) is 11.5 Å². The van der Waals surface area contributed by atoms with Crippen molar-refractivity contribution >= 4 is 24.0 Å². The predicted molar refractivity (Wildman–Crippen MR) is 99.0 cm³/mol. The number of benzene rings is 2. The highest BCUT2D eigenvalue weighted by Gasteiger charge is 2.24. The van der Waals surface area contributed by atoms with Crippen molar-refractivity contribution in [3.05, 3.63) is 54.3 Å². The zero-order valence-corrected chi connectivity index (χ0v) is 14.8. The SMILES string of the molecule is C[C@H]1C[C@@H](C(=O)Nc2ccc(Oc3cccc(F)c3)cc2)CCN1.Cl. The molecule has 2 N–H and O–H groups in total. The number of halogens is 2. The highest BCUT2D eigenvalue weighted by molar-refractivity contribution is 5.92. The Morgan fingerprint density at radius 3 is 2.64 bits per heavy atom. The molecule has 1 saturated heterocycles. The molecule has 2 aromatic rings. The van der Waals surface area contributed by atoms with Crippen molar-refractivity contribution in [3.8, 4) is 11.5 Å². The molecular formula is C19H22ClFN2O2. The van der Waals surface area contributed by atoms with Crippen LogP contribution in [-0.2, 0) is 4.79 Å². The highest BCUT2D eigenvalue weighted by Crippen LogP contribution is 2.24. The normalized spacial score (nSPS) is 19.6. The van der Waals surface area contributed by atoms with Crippen molar-refractivity contribution in [2.45, 2.75) is 25.8 Å². The number of carbonyl (C=O) groups is 1. The molecule has 1 aliphatic rings. The maximum atomic E-state index is 13.1. The van der Waals surface area contributed by atoms with Gasteiger partial charge in [0.05, 0.1) is 0 Å². The molecule has 1 aliphatic heterocycles. The molecule has 0 aromatic heterocycles. The minimum Gasteiger partial charge on any atom is -0.457 e. The van der Waals surface area contributed by atoms with Crippen molar-refractivity contribution in [1.29, 1.82) is 0 Å². The maximum absolute atomic E-state index is 13.1. The van der Waals surface area contributed by atoms with Gasteiger partial charge in [-0.25, -0.2) is 4.39 Å². The van der Waals surface area contributed by atoms with Gasteiger partial charge in [0.25, 0.3) is 0 Å². The molecule has 1 fully saturated rings. The smallest absolute Gasteiger partial charge is 0.227 e. The Balaban J connectivity index is 0.00000225. The van der Waals surface area contributed by atoms with E-state index in [1.54, 1.807) is 36.4 Å². The Labute approximate surface area is 153 Å². The van der Waals surface area contributed by atoms with E-state index in [1.807, 2.05) is 0 Å². The molecule has 0 saturated carbocycles. The van der Waals surface area contributed by atoms with Crippen LogP contribution in [0.4, 0.5) is 10.1 Å². The van der Waals surface area contributed by atoms with Crippen molar-refractivity contribution in [1.82, 2.24) is 5.32 Å². The Morgan fingerprint density at radius 1 is 1.20 bits per heavy atom. The lowest BCUT2D eigenvalue weighted by molar-refractivity contribution is -0.120. The third-order valence-corrected chi connectivity index (χ3v) is 4.15. The number of anilines is 1. The fourth-order valence-electron chi connectivity index (χ4n) is 2.89. The second kappa shape index (κ2) is 8.83. The van der Waals surface area contributed by atoms with E-state index in [9.17, 15) is 9.18 Å². The van der Waals surface area contributed by atoms with Gasteiger partial charge in [0, 0.05) is 23.7 Å². The first-order valence-electron chi connectivity index (χ1n) is 8.18. The first-order valence-corrected chi connectivity index (χ1v) is 8.18. The quantitative estimate of drug-likeness (QED) is 0.847. The summed E-state index contributed by atoms with van der Waals surface area (Å²) in [5, 5.41) is 6.29. The summed E-state index contributed by atoms with van der Waals surface area (Å²) in [6, 6.07) is 13.4. The van der Waals surface area contributed by atoms with Gasteiger partial charge in [0.15, 0.2) is 0 Å². The van der Waals surface area contributed by atoms with Crippen molar-refractivity contribution in [3.63, 3.8) is 0 Å². The van der Waals surface area contributed by atoms with Crippen LogP contribution in [-0.4, -0.2) is 18.5 Å². The molecule has 0 bridgehead atoms. The minimum atomic E-state index is -0.340. The van der Waals surface area contributed by atoms with Gasteiger partial charge in [-0.1, -0.05) is 6.07 Å². The van der Waals surface area contributed by atoms with E-state index in [1.165, 1.54) is 12.1 Å². The summed E-state index contributed by atoms with van der Waals surface area (Å²) in [4.78, 5) is 12.3. The van der Waals surface area contributed by atoms with Gasteiger partial charge < -0.3 is 15.4 Å². The maximum Gasteiger partial charge on any atom is 0.227 e. The molecule has 134 valence electrons. The Bertz CT molecular complexity index is 709. The number of nitrogens with one attached hydrogen (secondary N) is 2. The number of hydrogen-bond acceptors (Lipinski definition) is 3. The Hall–Kier alpha value is -2.11. The van der Waals surface area contributed by atoms with Crippen LogP contribution in [0.1, 0.15) is 19.8 Å². The average molecular weight is 365 g/mol. The second-order valence-electron chi connectivity index (χ2n) is 6.15. The third-order valence-electron chi connectivity index (χ3n) is 4.15. The molecule has 0 aliphatic carbocycles. The van der Waals surface area contributed by atoms with Gasteiger partial charge in [-0.05, 0) is 62.7 Å². The fraction of sp³-hybridized carbons (Fsp3) is 0.316. The highest BCUT2D eigenvalue weighted by atomic mass is 35.5. The van der Waals surface area contributed by atoms with Crippen LogP contribution in [0.15, 0.2) is 48.5 Å². The van der Waals surface area contributed by atoms with E-state index >= 15 is 0 Å². The first kappa shape index (κ1) is 19.2. The largest absolute Gasteiger partial charge is 0.457 e. The summed E-state index contributed by atoms with van der Waals surface area (Å²) in [5.41, 5.74) is 0.734. The van der Waals surface area contributed by atoms with Crippen LogP contribution in [0.3, 0.4) is 0 Å². The van der Waals surface area contributed by atoms with Gasteiger partial charge in [-0.3, -0.25) is 4.79 Å². The van der Waals surface area contributed by atoms with E-state index in [4.69, 9.17) is 4.74 Å². The number of amides is 1.